The summed E-state index contributed by atoms with van der Waals surface area (Å²) in [4.78, 5) is 23.1. The Morgan fingerprint density at radius 3 is 2.48 bits per heavy atom. The number of imidazole rings is 1. The Kier molecular flexibility index (Phi) is 5.52. The predicted octanol–water partition coefficient (Wildman–Crippen LogP) is 4.98. The van der Waals surface area contributed by atoms with Gasteiger partial charge in [-0.05, 0) is 19.1 Å². The van der Waals surface area contributed by atoms with Crippen molar-refractivity contribution < 1.29 is 4.79 Å². The van der Waals surface area contributed by atoms with Crippen LogP contribution in [0, 0.1) is 6.92 Å². The van der Waals surface area contributed by atoms with Gasteiger partial charge in [0.25, 0.3) is 5.91 Å². The van der Waals surface area contributed by atoms with Gasteiger partial charge in [-0.2, -0.15) is 0 Å². The molecule has 0 spiro atoms. The van der Waals surface area contributed by atoms with Gasteiger partial charge in [-0.15, -0.1) is 11.3 Å². The van der Waals surface area contributed by atoms with E-state index in [1.165, 1.54) is 11.4 Å². The van der Waals surface area contributed by atoms with Crippen LogP contribution < -0.4 is 0 Å². The third-order valence-corrected chi connectivity index (χ3v) is 7.09. The number of hydrogen-bond acceptors (Lipinski definition) is 4. The number of nitrogens with zero attached hydrogens (tertiary/aromatic N) is 4. The topological polar surface area (TPSA) is 40.9 Å². The molecule has 0 saturated carbocycles. The molecule has 2 aromatic heterocycles. The number of halogens is 1. The maximum Gasteiger partial charge on any atom is 0.255 e. The fraction of sp³-hybridized carbons (Fsp3) is 0.250. The van der Waals surface area contributed by atoms with Crippen molar-refractivity contribution in [3.8, 4) is 11.3 Å². The number of carbonyl (C=O) groups is 1. The number of piperazine rings is 1. The van der Waals surface area contributed by atoms with Crippen molar-refractivity contribution in [1.29, 1.82) is 0 Å². The van der Waals surface area contributed by atoms with Crippen molar-refractivity contribution in [2.24, 2.45) is 0 Å². The van der Waals surface area contributed by atoms with Gasteiger partial charge >= 0.3 is 0 Å². The summed E-state index contributed by atoms with van der Waals surface area (Å²) < 4.78 is 2.27. The lowest BCUT2D eigenvalue weighted by Crippen LogP contribution is -2.48. The van der Waals surface area contributed by atoms with E-state index < -0.39 is 0 Å². The number of rotatable bonds is 4. The maximum atomic E-state index is 12.9. The first-order chi connectivity index (χ1) is 15.1. The molecule has 0 N–H and O–H groups in total. The standard InChI is InChI=1S/C24H23ClN4OS/c1-17-16-31-24-26-22(18-7-3-2-4-8-18)21(29(17)24)15-27-11-13-28(14-12-27)23(30)19-9-5-6-10-20(19)25/h2-10,16H,11-15H2,1H3. The summed E-state index contributed by atoms with van der Waals surface area (Å²) >= 11 is 7.91. The molecule has 31 heavy (non-hydrogen) atoms. The van der Waals surface area contributed by atoms with Crippen LogP contribution in [0.1, 0.15) is 21.7 Å². The molecule has 1 aliphatic heterocycles. The van der Waals surface area contributed by atoms with Gasteiger partial charge in [0.05, 0.1) is 22.0 Å². The third-order valence-electron chi connectivity index (χ3n) is 5.81. The van der Waals surface area contributed by atoms with Crippen LogP contribution in [0.25, 0.3) is 16.2 Å². The third kappa shape index (κ3) is 3.87. The van der Waals surface area contributed by atoms with E-state index in [0.717, 1.165) is 35.9 Å². The average molecular weight is 451 g/mol. The SMILES string of the molecule is Cc1csc2nc(-c3ccccc3)c(CN3CCN(C(=O)c4ccccc4Cl)CC3)n12. The molecule has 7 heteroatoms. The zero-order valence-corrected chi connectivity index (χ0v) is 18.9. The highest BCUT2D eigenvalue weighted by Crippen LogP contribution is 2.29. The van der Waals surface area contributed by atoms with Crippen molar-refractivity contribution in [2.45, 2.75) is 13.5 Å². The molecule has 3 heterocycles. The van der Waals surface area contributed by atoms with Gasteiger partial charge in [-0.3, -0.25) is 14.1 Å². The molecular formula is C24H23ClN4OS. The summed E-state index contributed by atoms with van der Waals surface area (Å²) in [5.41, 5.74) is 5.18. The number of fused-ring (bicyclic) bond motifs is 1. The Bertz CT molecular complexity index is 1230. The van der Waals surface area contributed by atoms with Gasteiger partial charge in [-0.25, -0.2) is 4.98 Å². The second kappa shape index (κ2) is 8.46. The number of hydrogen-bond donors (Lipinski definition) is 0. The molecule has 0 radical (unpaired) electrons. The maximum absolute atomic E-state index is 12.9. The van der Waals surface area contributed by atoms with Gasteiger partial charge in [0.15, 0.2) is 4.96 Å². The van der Waals surface area contributed by atoms with Gasteiger partial charge in [0.1, 0.15) is 0 Å². The lowest BCUT2D eigenvalue weighted by Gasteiger charge is -2.35. The van der Waals surface area contributed by atoms with Gasteiger partial charge in [0.2, 0.25) is 0 Å². The lowest BCUT2D eigenvalue weighted by molar-refractivity contribution is 0.0627. The van der Waals surface area contributed by atoms with E-state index in [1.807, 2.05) is 23.1 Å². The Hall–Kier alpha value is -2.67. The van der Waals surface area contributed by atoms with Crippen LogP contribution in [0.3, 0.4) is 0 Å². The fourth-order valence-corrected chi connectivity index (χ4v) is 5.27. The van der Waals surface area contributed by atoms with E-state index in [9.17, 15) is 4.79 Å². The Balaban J connectivity index is 1.35. The van der Waals surface area contributed by atoms with Crippen LogP contribution in [0.2, 0.25) is 5.02 Å². The highest BCUT2D eigenvalue weighted by molar-refractivity contribution is 7.15. The highest BCUT2D eigenvalue weighted by Gasteiger charge is 2.25. The average Bonchev–Trinajstić information content (AvgIpc) is 3.35. The summed E-state index contributed by atoms with van der Waals surface area (Å²) in [5, 5.41) is 2.66. The molecule has 0 unspecified atom stereocenters. The zero-order valence-electron chi connectivity index (χ0n) is 17.3. The number of aromatic nitrogens is 2. The van der Waals surface area contributed by atoms with E-state index >= 15 is 0 Å². The number of thiazole rings is 1. The second-order valence-corrected chi connectivity index (χ2v) is 9.06. The molecule has 0 atom stereocenters. The minimum atomic E-state index is 0.00986. The molecule has 158 valence electrons. The van der Waals surface area contributed by atoms with Crippen molar-refractivity contribution in [3.63, 3.8) is 0 Å². The van der Waals surface area contributed by atoms with E-state index in [0.29, 0.717) is 23.7 Å². The first-order valence-corrected chi connectivity index (χ1v) is 11.6. The Labute approximate surface area is 190 Å². The number of aryl methyl sites for hydroxylation is 1. The molecule has 4 aromatic rings. The normalized spacial score (nSPS) is 15.0. The Morgan fingerprint density at radius 2 is 1.74 bits per heavy atom. The van der Waals surface area contributed by atoms with Crippen LogP contribution in [-0.4, -0.2) is 51.3 Å². The van der Waals surface area contributed by atoms with E-state index in [2.05, 4.69) is 45.9 Å². The van der Waals surface area contributed by atoms with Gasteiger partial charge in [-0.1, -0.05) is 54.1 Å². The van der Waals surface area contributed by atoms with Crippen molar-refractivity contribution in [2.75, 3.05) is 26.2 Å². The van der Waals surface area contributed by atoms with Gasteiger partial charge < -0.3 is 4.90 Å². The molecule has 5 nitrogen and oxygen atoms in total. The first kappa shape index (κ1) is 20.2. The predicted molar refractivity (Wildman–Crippen MR) is 126 cm³/mol. The van der Waals surface area contributed by atoms with Crippen LogP contribution in [-0.2, 0) is 6.54 Å². The minimum absolute atomic E-state index is 0.00986. The lowest BCUT2D eigenvalue weighted by atomic mass is 10.1. The van der Waals surface area contributed by atoms with Crippen molar-refractivity contribution >= 4 is 33.8 Å². The summed E-state index contributed by atoms with van der Waals surface area (Å²) in [7, 11) is 0. The monoisotopic (exact) mass is 450 g/mol. The van der Waals surface area contributed by atoms with Crippen LogP contribution in [0.15, 0.2) is 60.0 Å². The molecule has 5 rings (SSSR count). The quantitative estimate of drug-likeness (QED) is 0.440. The smallest absolute Gasteiger partial charge is 0.255 e. The van der Waals surface area contributed by atoms with Gasteiger partial charge in [0, 0.05) is 49.4 Å². The number of amides is 1. The highest BCUT2D eigenvalue weighted by atomic mass is 35.5. The summed E-state index contributed by atoms with van der Waals surface area (Å²) in [5.74, 6) is 0.00986. The second-order valence-electron chi connectivity index (χ2n) is 7.82. The fourth-order valence-electron chi connectivity index (χ4n) is 4.16. The van der Waals surface area contributed by atoms with Crippen LogP contribution in [0.4, 0.5) is 0 Å². The molecular weight excluding hydrogens is 428 g/mol. The molecule has 0 bridgehead atoms. The zero-order chi connectivity index (χ0) is 21.4. The molecule has 2 aromatic carbocycles. The van der Waals surface area contributed by atoms with Crippen molar-refractivity contribution in [1.82, 2.24) is 19.2 Å². The van der Waals surface area contributed by atoms with Crippen molar-refractivity contribution in [3.05, 3.63) is 82.0 Å². The van der Waals surface area contributed by atoms with E-state index in [1.54, 1.807) is 23.5 Å². The molecule has 1 aliphatic rings. The number of benzene rings is 2. The first-order valence-electron chi connectivity index (χ1n) is 10.4. The largest absolute Gasteiger partial charge is 0.336 e. The van der Waals surface area contributed by atoms with E-state index in [4.69, 9.17) is 16.6 Å². The molecule has 1 amide bonds. The minimum Gasteiger partial charge on any atom is -0.336 e. The Morgan fingerprint density at radius 1 is 1.03 bits per heavy atom. The molecule has 1 saturated heterocycles. The summed E-state index contributed by atoms with van der Waals surface area (Å²) in [6.07, 6.45) is 0. The molecule has 0 aliphatic carbocycles. The van der Waals surface area contributed by atoms with Crippen LogP contribution >= 0.6 is 22.9 Å². The number of carbonyl (C=O) groups excluding carboxylic acids is 1. The molecule has 1 fully saturated rings. The van der Waals surface area contributed by atoms with E-state index in [-0.39, 0.29) is 5.91 Å². The summed E-state index contributed by atoms with van der Waals surface area (Å²) in [6.45, 7) is 5.95. The van der Waals surface area contributed by atoms with Crippen LogP contribution in [0.5, 0.6) is 0 Å². The summed E-state index contributed by atoms with van der Waals surface area (Å²) in [6, 6.07) is 17.6.